The zero-order chi connectivity index (χ0) is 11.4. The third-order valence-electron chi connectivity index (χ3n) is 2.28. The maximum atomic E-state index is 5.79. The van der Waals surface area contributed by atoms with E-state index in [1.807, 2.05) is 47.2 Å². The third kappa shape index (κ3) is 2.03. The number of nitrogens with zero attached hydrogens (tertiary/aromatic N) is 2. The molecule has 1 heterocycles. The molecule has 0 aliphatic carbocycles. The molecule has 0 aliphatic rings. The molecule has 0 bridgehead atoms. The van der Waals surface area contributed by atoms with Crippen molar-refractivity contribution in [2.24, 2.45) is 4.99 Å². The summed E-state index contributed by atoms with van der Waals surface area (Å²) in [5.41, 5.74) is 8.21. The van der Waals surface area contributed by atoms with E-state index in [4.69, 9.17) is 5.73 Å². The highest BCUT2D eigenvalue weighted by molar-refractivity contribution is 5.83. The summed E-state index contributed by atoms with van der Waals surface area (Å²) in [6.45, 7) is 3.71. The van der Waals surface area contributed by atoms with Crippen molar-refractivity contribution in [2.45, 2.75) is 0 Å². The van der Waals surface area contributed by atoms with Gasteiger partial charge in [0, 0.05) is 12.4 Å². The number of aliphatic imine (C=N–C) groups is 1. The van der Waals surface area contributed by atoms with Gasteiger partial charge >= 0.3 is 0 Å². The Hall–Kier alpha value is -2.29. The van der Waals surface area contributed by atoms with Gasteiger partial charge in [0.25, 0.3) is 0 Å². The normalized spacial score (nSPS) is 10.8. The lowest BCUT2D eigenvalue weighted by Crippen LogP contribution is -1.91. The number of nitrogen functional groups attached to an aromatic ring is 1. The van der Waals surface area contributed by atoms with Crippen LogP contribution in [-0.4, -0.2) is 10.8 Å². The van der Waals surface area contributed by atoms with E-state index in [2.05, 4.69) is 11.6 Å². The van der Waals surface area contributed by atoms with Gasteiger partial charge in [0.2, 0.25) is 0 Å². The van der Waals surface area contributed by atoms with Crippen molar-refractivity contribution in [1.82, 2.24) is 4.57 Å². The van der Waals surface area contributed by atoms with Crippen molar-refractivity contribution >= 4 is 23.8 Å². The molecule has 0 radical (unpaired) electrons. The Labute approximate surface area is 94.5 Å². The molecule has 2 aromatic rings. The Kier molecular flexibility index (Phi) is 2.87. The second-order valence-corrected chi connectivity index (χ2v) is 3.34. The van der Waals surface area contributed by atoms with Crippen LogP contribution in [0.4, 0.5) is 11.4 Å². The van der Waals surface area contributed by atoms with Crippen LogP contribution in [-0.2, 0) is 0 Å². The Morgan fingerprint density at radius 3 is 2.75 bits per heavy atom. The van der Waals surface area contributed by atoms with E-state index >= 15 is 0 Å². The number of benzene rings is 1. The molecule has 1 aromatic heterocycles. The van der Waals surface area contributed by atoms with E-state index in [1.165, 1.54) is 0 Å². The van der Waals surface area contributed by atoms with Crippen LogP contribution in [0.25, 0.3) is 6.20 Å². The quantitative estimate of drug-likeness (QED) is 0.615. The lowest BCUT2D eigenvalue weighted by atomic mass is 10.3. The first kappa shape index (κ1) is 10.2. The molecular weight excluding hydrogens is 198 g/mol. The molecule has 0 unspecified atom stereocenters. The minimum absolute atomic E-state index is 0.676. The highest BCUT2D eigenvalue weighted by Gasteiger charge is 1.95. The van der Waals surface area contributed by atoms with E-state index in [0.717, 1.165) is 11.4 Å². The van der Waals surface area contributed by atoms with Crippen LogP contribution in [0.15, 0.2) is 54.2 Å². The number of rotatable bonds is 3. The molecule has 2 N–H and O–H groups in total. The molecule has 3 heteroatoms. The molecule has 0 saturated carbocycles. The number of para-hydroxylation sites is 2. The zero-order valence-electron chi connectivity index (χ0n) is 8.88. The van der Waals surface area contributed by atoms with Crippen molar-refractivity contribution in [3.63, 3.8) is 0 Å². The van der Waals surface area contributed by atoms with Crippen LogP contribution in [0, 0.1) is 0 Å². The fraction of sp³-hybridized carbons (Fsp3) is 0. The molecule has 16 heavy (non-hydrogen) atoms. The molecule has 0 saturated heterocycles. The maximum Gasteiger partial charge on any atom is 0.0859 e. The van der Waals surface area contributed by atoms with Crippen molar-refractivity contribution in [3.8, 4) is 0 Å². The second kappa shape index (κ2) is 4.49. The van der Waals surface area contributed by atoms with E-state index in [-0.39, 0.29) is 0 Å². The average Bonchev–Trinajstić information content (AvgIpc) is 2.75. The monoisotopic (exact) mass is 211 g/mol. The summed E-state index contributed by atoms with van der Waals surface area (Å²) in [7, 11) is 0. The van der Waals surface area contributed by atoms with E-state index < -0.39 is 0 Å². The summed E-state index contributed by atoms with van der Waals surface area (Å²) in [6, 6.07) is 11.4. The molecule has 0 atom stereocenters. The van der Waals surface area contributed by atoms with Crippen molar-refractivity contribution in [1.29, 1.82) is 0 Å². The molecule has 80 valence electrons. The predicted octanol–water partition coefficient (Wildman–Crippen LogP) is 2.92. The standard InChI is InChI=1S/C13H13N3/c1-2-16-9-5-6-11(16)10-15-13-8-4-3-7-12(13)14/h2-10H,1,14H2. The summed E-state index contributed by atoms with van der Waals surface area (Å²) in [6.07, 6.45) is 5.42. The Bertz CT molecular complexity index is 523. The first-order valence-corrected chi connectivity index (χ1v) is 4.99. The van der Waals surface area contributed by atoms with Crippen LogP contribution < -0.4 is 5.73 Å². The third-order valence-corrected chi connectivity index (χ3v) is 2.28. The summed E-state index contributed by atoms with van der Waals surface area (Å²) in [5, 5.41) is 0. The average molecular weight is 211 g/mol. The van der Waals surface area contributed by atoms with Crippen LogP contribution >= 0.6 is 0 Å². The lowest BCUT2D eigenvalue weighted by Gasteiger charge is -1.99. The second-order valence-electron chi connectivity index (χ2n) is 3.34. The van der Waals surface area contributed by atoms with E-state index in [9.17, 15) is 0 Å². The summed E-state index contributed by atoms with van der Waals surface area (Å²) >= 11 is 0. The summed E-state index contributed by atoms with van der Waals surface area (Å²) in [5.74, 6) is 0. The van der Waals surface area contributed by atoms with Crippen LogP contribution in [0.3, 0.4) is 0 Å². The number of hydrogen-bond donors (Lipinski definition) is 1. The number of aromatic nitrogens is 1. The SMILES string of the molecule is C=Cn1cccc1C=Nc1ccccc1N. The molecular formula is C13H13N3. The molecule has 3 nitrogen and oxygen atoms in total. The number of anilines is 1. The molecule has 2 rings (SSSR count). The van der Waals surface area contributed by atoms with Gasteiger partial charge in [0.15, 0.2) is 0 Å². The molecule has 0 aliphatic heterocycles. The van der Waals surface area contributed by atoms with Gasteiger partial charge in [0.05, 0.1) is 23.3 Å². The van der Waals surface area contributed by atoms with Crippen LogP contribution in [0.1, 0.15) is 5.69 Å². The van der Waals surface area contributed by atoms with Gasteiger partial charge in [0.1, 0.15) is 0 Å². The van der Waals surface area contributed by atoms with Crippen molar-refractivity contribution in [3.05, 3.63) is 54.9 Å². The first-order valence-electron chi connectivity index (χ1n) is 4.99. The van der Waals surface area contributed by atoms with E-state index in [0.29, 0.717) is 5.69 Å². The number of nitrogens with two attached hydrogens (primary N) is 1. The maximum absolute atomic E-state index is 5.79. The molecule has 0 amide bonds. The largest absolute Gasteiger partial charge is 0.397 e. The number of hydrogen-bond acceptors (Lipinski definition) is 2. The van der Waals surface area contributed by atoms with Crippen LogP contribution in [0.2, 0.25) is 0 Å². The highest BCUT2D eigenvalue weighted by Crippen LogP contribution is 2.20. The Morgan fingerprint density at radius 2 is 2.00 bits per heavy atom. The molecule has 0 fully saturated rings. The van der Waals surface area contributed by atoms with Gasteiger partial charge in [-0.2, -0.15) is 0 Å². The fourth-order valence-corrected chi connectivity index (χ4v) is 1.42. The Morgan fingerprint density at radius 1 is 1.19 bits per heavy atom. The smallest absolute Gasteiger partial charge is 0.0859 e. The van der Waals surface area contributed by atoms with E-state index in [1.54, 1.807) is 12.4 Å². The zero-order valence-corrected chi connectivity index (χ0v) is 8.88. The minimum Gasteiger partial charge on any atom is -0.397 e. The van der Waals surface area contributed by atoms with Crippen molar-refractivity contribution < 1.29 is 0 Å². The van der Waals surface area contributed by atoms with Gasteiger partial charge in [-0.15, -0.1) is 0 Å². The Balaban J connectivity index is 2.28. The predicted molar refractivity (Wildman–Crippen MR) is 68.9 cm³/mol. The van der Waals surface area contributed by atoms with Crippen LogP contribution in [0.5, 0.6) is 0 Å². The lowest BCUT2D eigenvalue weighted by molar-refractivity contribution is 1.16. The van der Waals surface area contributed by atoms with Gasteiger partial charge < -0.3 is 10.3 Å². The van der Waals surface area contributed by atoms with Gasteiger partial charge in [-0.3, -0.25) is 4.99 Å². The van der Waals surface area contributed by atoms with Crippen molar-refractivity contribution in [2.75, 3.05) is 5.73 Å². The van der Waals surface area contributed by atoms with Gasteiger partial charge in [-0.05, 0) is 24.3 Å². The molecule has 1 aromatic carbocycles. The summed E-state index contributed by atoms with van der Waals surface area (Å²) in [4.78, 5) is 4.34. The molecule has 0 spiro atoms. The fourth-order valence-electron chi connectivity index (χ4n) is 1.42. The first-order chi connectivity index (χ1) is 7.81. The van der Waals surface area contributed by atoms with Gasteiger partial charge in [-0.25, -0.2) is 0 Å². The summed E-state index contributed by atoms with van der Waals surface area (Å²) < 4.78 is 1.89. The topological polar surface area (TPSA) is 43.3 Å². The van der Waals surface area contributed by atoms with Gasteiger partial charge in [-0.1, -0.05) is 18.7 Å². The minimum atomic E-state index is 0.676. The highest BCUT2D eigenvalue weighted by atomic mass is 14.9.